The SMILES string of the molecule is Cc1cnc(C)c(N2CCN(C3CCS(=O)(=O)C3)CC2)n1. The van der Waals surface area contributed by atoms with Gasteiger partial charge in [-0.1, -0.05) is 0 Å². The summed E-state index contributed by atoms with van der Waals surface area (Å²) in [6, 6.07) is 0.210. The third-order valence-corrected chi connectivity index (χ3v) is 6.14. The number of rotatable bonds is 2. The lowest BCUT2D eigenvalue weighted by Crippen LogP contribution is -2.51. The van der Waals surface area contributed by atoms with E-state index in [1.54, 1.807) is 6.20 Å². The molecular formula is C14H22N4O2S. The zero-order valence-electron chi connectivity index (χ0n) is 12.6. The normalized spacial score (nSPS) is 26.2. The Balaban J connectivity index is 1.64. The van der Waals surface area contributed by atoms with Crippen molar-refractivity contribution in [2.45, 2.75) is 26.3 Å². The maximum Gasteiger partial charge on any atom is 0.151 e. The molecule has 7 heteroatoms. The highest BCUT2D eigenvalue weighted by molar-refractivity contribution is 7.91. The predicted molar refractivity (Wildman–Crippen MR) is 82.4 cm³/mol. The second kappa shape index (κ2) is 5.53. The summed E-state index contributed by atoms with van der Waals surface area (Å²) in [5.74, 6) is 1.64. The average Bonchev–Trinajstić information content (AvgIpc) is 2.82. The van der Waals surface area contributed by atoms with Crippen LogP contribution in [-0.2, 0) is 9.84 Å². The van der Waals surface area contributed by atoms with E-state index in [-0.39, 0.29) is 6.04 Å². The van der Waals surface area contributed by atoms with Crippen LogP contribution in [0.25, 0.3) is 0 Å². The number of aryl methyl sites for hydroxylation is 2. The van der Waals surface area contributed by atoms with Crippen molar-refractivity contribution in [1.82, 2.24) is 14.9 Å². The van der Waals surface area contributed by atoms with Crippen LogP contribution in [0, 0.1) is 13.8 Å². The minimum Gasteiger partial charge on any atom is -0.353 e. The number of piperazine rings is 1. The van der Waals surface area contributed by atoms with Crippen molar-refractivity contribution in [3.63, 3.8) is 0 Å². The molecule has 3 rings (SSSR count). The van der Waals surface area contributed by atoms with Gasteiger partial charge < -0.3 is 4.90 Å². The van der Waals surface area contributed by atoms with Crippen LogP contribution in [0.5, 0.6) is 0 Å². The first-order valence-electron chi connectivity index (χ1n) is 7.44. The van der Waals surface area contributed by atoms with Crippen LogP contribution in [0.3, 0.4) is 0 Å². The Morgan fingerprint density at radius 1 is 1.19 bits per heavy atom. The molecule has 0 aromatic carbocycles. The highest BCUT2D eigenvalue weighted by Gasteiger charge is 2.34. The standard InChI is InChI=1S/C14H22N4O2S/c1-11-9-15-12(2)14(16-11)18-6-4-17(5-7-18)13-3-8-21(19,20)10-13/h9,13H,3-8,10H2,1-2H3. The monoisotopic (exact) mass is 310 g/mol. The fourth-order valence-corrected chi connectivity index (χ4v) is 4.95. The number of sulfone groups is 1. The van der Waals surface area contributed by atoms with Crippen molar-refractivity contribution < 1.29 is 8.42 Å². The minimum atomic E-state index is -2.80. The first kappa shape index (κ1) is 14.7. The molecule has 3 heterocycles. The summed E-state index contributed by atoms with van der Waals surface area (Å²) in [5, 5.41) is 0. The summed E-state index contributed by atoms with van der Waals surface area (Å²) < 4.78 is 23.2. The zero-order chi connectivity index (χ0) is 15.0. The van der Waals surface area contributed by atoms with Crippen molar-refractivity contribution >= 4 is 15.7 Å². The molecule has 2 aliphatic rings. The number of hydrogen-bond acceptors (Lipinski definition) is 6. The van der Waals surface area contributed by atoms with Crippen molar-refractivity contribution in [3.05, 3.63) is 17.6 Å². The van der Waals surface area contributed by atoms with Gasteiger partial charge in [0.25, 0.3) is 0 Å². The largest absolute Gasteiger partial charge is 0.353 e. The van der Waals surface area contributed by atoms with Gasteiger partial charge in [0.1, 0.15) is 5.82 Å². The second-order valence-electron chi connectivity index (χ2n) is 6.00. The van der Waals surface area contributed by atoms with Crippen LogP contribution >= 0.6 is 0 Å². The lowest BCUT2D eigenvalue weighted by atomic mass is 10.2. The van der Waals surface area contributed by atoms with Crippen LogP contribution < -0.4 is 4.90 Å². The molecule has 2 aliphatic heterocycles. The summed E-state index contributed by atoms with van der Waals surface area (Å²) in [6.45, 7) is 7.50. The van der Waals surface area contributed by atoms with Gasteiger partial charge in [-0.2, -0.15) is 0 Å². The van der Waals surface area contributed by atoms with Crippen LogP contribution in [-0.4, -0.2) is 67.0 Å². The fourth-order valence-electron chi connectivity index (χ4n) is 3.19. The zero-order valence-corrected chi connectivity index (χ0v) is 13.4. The molecule has 0 saturated carbocycles. The molecule has 6 nitrogen and oxygen atoms in total. The van der Waals surface area contributed by atoms with Crippen LogP contribution in [0.4, 0.5) is 5.82 Å². The topological polar surface area (TPSA) is 66.4 Å². The fraction of sp³-hybridized carbons (Fsp3) is 0.714. The molecular weight excluding hydrogens is 288 g/mol. The molecule has 0 bridgehead atoms. The van der Waals surface area contributed by atoms with Crippen molar-refractivity contribution in [2.75, 3.05) is 42.6 Å². The molecule has 21 heavy (non-hydrogen) atoms. The van der Waals surface area contributed by atoms with Gasteiger partial charge in [-0.25, -0.2) is 13.4 Å². The highest BCUT2D eigenvalue weighted by atomic mass is 32.2. The second-order valence-corrected chi connectivity index (χ2v) is 8.23. The van der Waals surface area contributed by atoms with Gasteiger partial charge >= 0.3 is 0 Å². The molecule has 1 unspecified atom stereocenters. The molecule has 0 N–H and O–H groups in total. The van der Waals surface area contributed by atoms with Gasteiger partial charge in [-0.05, 0) is 20.3 Å². The first-order chi connectivity index (χ1) is 9.94. The predicted octanol–water partition coefficient (Wildman–Crippen LogP) is 0.403. The Hall–Kier alpha value is -1.21. The Morgan fingerprint density at radius 2 is 1.90 bits per heavy atom. The third kappa shape index (κ3) is 3.18. The highest BCUT2D eigenvalue weighted by Crippen LogP contribution is 2.22. The van der Waals surface area contributed by atoms with E-state index in [2.05, 4.69) is 19.8 Å². The summed E-state index contributed by atoms with van der Waals surface area (Å²) in [7, 11) is -2.80. The lowest BCUT2D eigenvalue weighted by molar-refractivity contribution is 0.200. The van der Waals surface area contributed by atoms with E-state index in [0.29, 0.717) is 11.5 Å². The molecule has 2 fully saturated rings. The van der Waals surface area contributed by atoms with Crippen LogP contribution in [0.15, 0.2) is 6.20 Å². The van der Waals surface area contributed by atoms with E-state index in [9.17, 15) is 8.42 Å². The summed E-state index contributed by atoms with van der Waals surface area (Å²) in [4.78, 5) is 13.5. The quantitative estimate of drug-likeness (QED) is 0.788. The van der Waals surface area contributed by atoms with Crippen LogP contribution in [0.2, 0.25) is 0 Å². The first-order valence-corrected chi connectivity index (χ1v) is 9.26. The molecule has 0 aliphatic carbocycles. The van der Waals surface area contributed by atoms with E-state index in [1.807, 2.05) is 13.8 Å². The minimum absolute atomic E-state index is 0.210. The van der Waals surface area contributed by atoms with Gasteiger partial charge in [0, 0.05) is 38.4 Å². The maximum absolute atomic E-state index is 11.6. The molecule has 0 amide bonds. The number of anilines is 1. The number of hydrogen-bond donors (Lipinski definition) is 0. The molecule has 116 valence electrons. The average molecular weight is 310 g/mol. The smallest absolute Gasteiger partial charge is 0.151 e. The van der Waals surface area contributed by atoms with Crippen molar-refractivity contribution in [2.24, 2.45) is 0 Å². The van der Waals surface area contributed by atoms with Crippen molar-refractivity contribution in [1.29, 1.82) is 0 Å². The molecule has 0 spiro atoms. The van der Waals surface area contributed by atoms with Gasteiger partial charge in [0.2, 0.25) is 0 Å². The lowest BCUT2D eigenvalue weighted by Gasteiger charge is -2.38. The van der Waals surface area contributed by atoms with E-state index < -0.39 is 9.84 Å². The Kier molecular flexibility index (Phi) is 3.88. The molecule has 1 aromatic rings. The molecule has 2 saturated heterocycles. The van der Waals surface area contributed by atoms with Gasteiger partial charge in [0.15, 0.2) is 9.84 Å². The molecule has 1 aromatic heterocycles. The van der Waals surface area contributed by atoms with E-state index in [4.69, 9.17) is 0 Å². The van der Waals surface area contributed by atoms with Crippen LogP contribution in [0.1, 0.15) is 17.8 Å². The molecule has 1 atom stereocenters. The Labute approximate surface area is 126 Å². The van der Waals surface area contributed by atoms with Crippen molar-refractivity contribution in [3.8, 4) is 0 Å². The summed E-state index contributed by atoms with van der Waals surface area (Å²) in [6.07, 6.45) is 2.57. The number of aromatic nitrogens is 2. The van der Waals surface area contributed by atoms with E-state index in [1.165, 1.54) is 0 Å². The number of nitrogens with zero attached hydrogens (tertiary/aromatic N) is 4. The summed E-state index contributed by atoms with van der Waals surface area (Å²) >= 11 is 0. The summed E-state index contributed by atoms with van der Waals surface area (Å²) in [5.41, 5.74) is 1.89. The van der Waals surface area contributed by atoms with Gasteiger partial charge in [0.05, 0.1) is 22.9 Å². The molecule has 0 radical (unpaired) electrons. The Morgan fingerprint density at radius 3 is 2.52 bits per heavy atom. The van der Waals surface area contributed by atoms with E-state index in [0.717, 1.165) is 49.8 Å². The van der Waals surface area contributed by atoms with Gasteiger partial charge in [-0.15, -0.1) is 0 Å². The van der Waals surface area contributed by atoms with E-state index >= 15 is 0 Å². The Bertz CT molecular complexity index is 624. The third-order valence-electron chi connectivity index (χ3n) is 4.39. The maximum atomic E-state index is 11.6. The van der Waals surface area contributed by atoms with Gasteiger partial charge in [-0.3, -0.25) is 9.88 Å².